The van der Waals surface area contributed by atoms with Gasteiger partial charge in [0.2, 0.25) is 0 Å². The number of carbonyl (C=O) groups is 1. The van der Waals surface area contributed by atoms with E-state index in [4.69, 9.17) is 0 Å². The van der Waals surface area contributed by atoms with Gasteiger partial charge >= 0.3 is 6.03 Å². The highest BCUT2D eigenvalue weighted by Crippen LogP contribution is 2.02. The number of aromatic nitrogens is 2. The molecule has 3 N–H and O–H groups in total. The van der Waals surface area contributed by atoms with Crippen molar-refractivity contribution in [2.75, 3.05) is 0 Å². The normalized spacial score (nSPS) is 10.2. The fraction of sp³-hybridized carbons (Fsp3) is 0.267. The third-order valence-electron chi connectivity index (χ3n) is 3.08. The average Bonchev–Trinajstić information content (AvgIpc) is 2.45. The Balaban J connectivity index is 1.89. The Bertz CT molecular complexity index is 680. The van der Waals surface area contributed by atoms with Crippen LogP contribution in [0.1, 0.15) is 22.5 Å². The molecule has 6 nitrogen and oxygen atoms in total. The SMILES string of the molecule is Cc1cc(C)c(CNC(=O)NCc2ccccn2)c(=O)[nH]1. The van der Waals surface area contributed by atoms with E-state index in [9.17, 15) is 9.59 Å². The van der Waals surface area contributed by atoms with Gasteiger partial charge < -0.3 is 15.6 Å². The number of rotatable bonds is 4. The van der Waals surface area contributed by atoms with Crippen LogP contribution in [0.5, 0.6) is 0 Å². The van der Waals surface area contributed by atoms with Gasteiger partial charge in [-0.1, -0.05) is 6.07 Å². The molecule has 2 aromatic heterocycles. The summed E-state index contributed by atoms with van der Waals surface area (Å²) in [7, 11) is 0. The first-order chi connectivity index (χ1) is 10.1. The van der Waals surface area contributed by atoms with Crippen LogP contribution in [0.15, 0.2) is 35.3 Å². The molecule has 2 amide bonds. The summed E-state index contributed by atoms with van der Waals surface area (Å²) in [4.78, 5) is 30.4. The maximum Gasteiger partial charge on any atom is 0.315 e. The molecule has 110 valence electrons. The highest BCUT2D eigenvalue weighted by molar-refractivity contribution is 5.73. The molecule has 6 heteroatoms. The molecule has 0 bridgehead atoms. The smallest absolute Gasteiger partial charge is 0.315 e. The van der Waals surface area contributed by atoms with E-state index in [1.54, 1.807) is 6.20 Å². The molecule has 2 heterocycles. The lowest BCUT2D eigenvalue weighted by molar-refractivity contribution is 0.240. The van der Waals surface area contributed by atoms with E-state index in [1.807, 2.05) is 38.1 Å². The van der Waals surface area contributed by atoms with Gasteiger partial charge in [0.25, 0.3) is 5.56 Å². The van der Waals surface area contributed by atoms with Crippen LogP contribution in [-0.4, -0.2) is 16.0 Å². The van der Waals surface area contributed by atoms with E-state index in [0.717, 1.165) is 17.0 Å². The molecular weight excluding hydrogens is 268 g/mol. The Morgan fingerprint density at radius 3 is 2.67 bits per heavy atom. The lowest BCUT2D eigenvalue weighted by Crippen LogP contribution is -2.36. The Hall–Kier alpha value is -2.63. The summed E-state index contributed by atoms with van der Waals surface area (Å²) < 4.78 is 0. The van der Waals surface area contributed by atoms with Crippen LogP contribution >= 0.6 is 0 Å². The van der Waals surface area contributed by atoms with Gasteiger partial charge in [-0.15, -0.1) is 0 Å². The Morgan fingerprint density at radius 1 is 1.24 bits per heavy atom. The summed E-state index contributed by atoms with van der Waals surface area (Å²) in [6, 6.07) is 7.05. The van der Waals surface area contributed by atoms with Crippen LogP contribution in [0.25, 0.3) is 0 Å². The number of aromatic amines is 1. The van der Waals surface area contributed by atoms with Crippen molar-refractivity contribution in [2.45, 2.75) is 26.9 Å². The fourth-order valence-corrected chi connectivity index (χ4v) is 2.01. The number of nitrogens with zero attached hydrogens (tertiary/aromatic N) is 1. The van der Waals surface area contributed by atoms with Crippen LogP contribution < -0.4 is 16.2 Å². The maximum atomic E-state index is 11.8. The Kier molecular flexibility index (Phi) is 4.71. The van der Waals surface area contributed by atoms with Crippen molar-refractivity contribution in [1.82, 2.24) is 20.6 Å². The zero-order valence-corrected chi connectivity index (χ0v) is 12.1. The molecule has 2 rings (SSSR count). The van der Waals surface area contributed by atoms with E-state index < -0.39 is 0 Å². The minimum absolute atomic E-state index is 0.169. The van der Waals surface area contributed by atoms with Crippen molar-refractivity contribution in [3.63, 3.8) is 0 Å². The van der Waals surface area contributed by atoms with Crippen LogP contribution in [0, 0.1) is 13.8 Å². The van der Waals surface area contributed by atoms with Gasteiger partial charge in [-0.25, -0.2) is 4.79 Å². The monoisotopic (exact) mass is 286 g/mol. The molecule has 0 saturated heterocycles. The molecular formula is C15H18N4O2. The number of amides is 2. The predicted molar refractivity (Wildman–Crippen MR) is 79.8 cm³/mol. The first-order valence-corrected chi connectivity index (χ1v) is 6.67. The highest BCUT2D eigenvalue weighted by atomic mass is 16.2. The largest absolute Gasteiger partial charge is 0.334 e. The number of nitrogens with one attached hydrogen (secondary N) is 3. The standard InChI is InChI=1S/C15H18N4O2/c1-10-7-11(2)19-14(20)13(10)9-18-15(21)17-8-12-5-3-4-6-16-12/h3-7H,8-9H2,1-2H3,(H,19,20)(H2,17,18,21). The lowest BCUT2D eigenvalue weighted by atomic mass is 10.1. The number of urea groups is 1. The molecule has 21 heavy (non-hydrogen) atoms. The van der Waals surface area contributed by atoms with E-state index in [2.05, 4.69) is 20.6 Å². The molecule has 2 aromatic rings. The molecule has 0 aliphatic rings. The van der Waals surface area contributed by atoms with Gasteiger partial charge in [0.05, 0.1) is 18.8 Å². The zero-order valence-electron chi connectivity index (χ0n) is 12.1. The maximum absolute atomic E-state index is 11.8. The van der Waals surface area contributed by atoms with Crippen LogP contribution in [0.4, 0.5) is 4.79 Å². The zero-order chi connectivity index (χ0) is 15.2. The first-order valence-electron chi connectivity index (χ1n) is 6.67. The van der Waals surface area contributed by atoms with Gasteiger partial charge in [0, 0.05) is 17.5 Å². The number of hydrogen-bond donors (Lipinski definition) is 3. The fourth-order valence-electron chi connectivity index (χ4n) is 2.01. The van der Waals surface area contributed by atoms with E-state index in [-0.39, 0.29) is 18.1 Å². The van der Waals surface area contributed by atoms with Crippen LogP contribution in [-0.2, 0) is 13.1 Å². The second-order valence-corrected chi connectivity index (χ2v) is 4.80. The lowest BCUT2D eigenvalue weighted by Gasteiger charge is -2.09. The third kappa shape index (κ3) is 4.17. The molecule has 0 aliphatic carbocycles. The summed E-state index contributed by atoms with van der Waals surface area (Å²) in [5.41, 5.74) is 2.84. The summed E-state index contributed by atoms with van der Waals surface area (Å²) in [5.74, 6) is 0. The van der Waals surface area contributed by atoms with E-state index in [0.29, 0.717) is 12.1 Å². The molecule has 0 atom stereocenters. The summed E-state index contributed by atoms with van der Waals surface area (Å²) in [6.07, 6.45) is 1.67. The molecule has 0 saturated carbocycles. The molecule has 0 unspecified atom stereocenters. The van der Waals surface area contributed by atoms with E-state index in [1.165, 1.54) is 0 Å². The molecule has 0 spiro atoms. The Morgan fingerprint density at radius 2 is 2.00 bits per heavy atom. The summed E-state index contributed by atoms with van der Waals surface area (Å²) >= 11 is 0. The summed E-state index contributed by atoms with van der Waals surface area (Å²) in [5, 5.41) is 5.37. The van der Waals surface area contributed by atoms with Crippen LogP contribution in [0.2, 0.25) is 0 Å². The number of aryl methyl sites for hydroxylation is 2. The van der Waals surface area contributed by atoms with Crippen molar-refractivity contribution in [2.24, 2.45) is 0 Å². The quantitative estimate of drug-likeness (QED) is 0.793. The average molecular weight is 286 g/mol. The van der Waals surface area contributed by atoms with Crippen molar-refractivity contribution < 1.29 is 4.79 Å². The van der Waals surface area contributed by atoms with Gasteiger partial charge in [0.1, 0.15) is 0 Å². The van der Waals surface area contributed by atoms with Crippen molar-refractivity contribution in [1.29, 1.82) is 0 Å². The molecule has 0 aliphatic heterocycles. The van der Waals surface area contributed by atoms with Gasteiger partial charge in [-0.2, -0.15) is 0 Å². The number of pyridine rings is 2. The van der Waals surface area contributed by atoms with Gasteiger partial charge in [-0.05, 0) is 37.6 Å². The molecule has 0 fully saturated rings. The number of carbonyl (C=O) groups excluding carboxylic acids is 1. The molecule has 0 aromatic carbocycles. The second-order valence-electron chi connectivity index (χ2n) is 4.80. The van der Waals surface area contributed by atoms with Crippen molar-refractivity contribution in [3.8, 4) is 0 Å². The van der Waals surface area contributed by atoms with Crippen molar-refractivity contribution in [3.05, 3.63) is 63.3 Å². The van der Waals surface area contributed by atoms with Crippen molar-refractivity contribution >= 4 is 6.03 Å². The van der Waals surface area contributed by atoms with E-state index >= 15 is 0 Å². The van der Waals surface area contributed by atoms with Crippen LogP contribution in [0.3, 0.4) is 0 Å². The third-order valence-corrected chi connectivity index (χ3v) is 3.08. The second kappa shape index (κ2) is 6.69. The van der Waals surface area contributed by atoms with Gasteiger partial charge in [0.15, 0.2) is 0 Å². The predicted octanol–water partition coefficient (Wildman–Crippen LogP) is 1.39. The van der Waals surface area contributed by atoms with Gasteiger partial charge in [-0.3, -0.25) is 9.78 Å². The summed E-state index contributed by atoms with van der Waals surface area (Å²) in [6.45, 7) is 4.21. The topological polar surface area (TPSA) is 86.9 Å². The number of H-pyrrole nitrogens is 1. The molecule has 0 radical (unpaired) electrons. The number of hydrogen-bond acceptors (Lipinski definition) is 3. The first kappa shape index (κ1) is 14.8. The Labute approximate surface area is 122 Å². The highest BCUT2D eigenvalue weighted by Gasteiger charge is 2.07. The minimum atomic E-state index is -0.333. The minimum Gasteiger partial charge on any atom is -0.334 e.